The van der Waals surface area contributed by atoms with E-state index in [-0.39, 0.29) is 5.75 Å². The first-order valence-electron chi connectivity index (χ1n) is 5.36. The highest BCUT2D eigenvalue weighted by atomic mass is 32.2. The van der Waals surface area contributed by atoms with Crippen LogP contribution in [0.5, 0.6) is 5.75 Å². The highest BCUT2D eigenvalue weighted by Gasteiger charge is 2.04. The minimum Gasteiger partial charge on any atom is -0.502 e. The summed E-state index contributed by atoms with van der Waals surface area (Å²) in [5.74, 6) is 0.687. The van der Waals surface area contributed by atoms with Gasteiger partial charge in [0.15, 0.2) is 5.75 Å². The monoisotopic (exact) mass is 263 g/mol. The van der Waals surface area contributed by atoms with Crippen LogP contribution in [0.4, 0.5) is 5.69 Å². The molecule has 2 rings (SSSR count). The van der Waals surface area contributed by atoms with Gasteiger partial charge in [-0.15, -0.1) is 11.8 Å². The van der Waals surface area contributed by atoms with Crippen molar-refractivity contribution in [1.82, 2.24) is 0 Å². The van der Waals surface area contributed by atoms with Crippen LogP contribution in [0.15, 0.2) is 44.6 Å². The van der Waals surface area contributed by atoms with Crippen LogP contribution in [-0.4, -0.2) is 5.11 Å². The van der Waals surface area contributed by atoms with Crippen molar-refractivity contribution in [3.63, 3.8) is 0 Å². The van der Waals surface area contributed by atoms with Crippen molar-refractivity contribution in [2.75, 3.05) is 5.73 Å². The van der Waals surface area contributed by atoms with Crippen LogP contribution in [0.25, 0.3) is 0 Å². The Morgan fingerprint density at radius 1 is 1.39 bits per heavy atom. The molecule has 1 aromatic heterocycles. The van der Waals surface area contributed by atoms with E-state index in [1.165, 1.54) is 6.07 Å². The topological polar surface area (TPSA) is 76.5 Å². The van der Waals surface area contributed by atoms with E-state index >= 15 is 0 Å². The Kier molecular flexibility index (Phi) is 3.62. The third kappa shape index (κ3) is 2.87. The van der Waals surface area contributed by atoms with Crippen LogP contribution < -0.4 is 11.2 Å². The summed E-state index contributed by atoms with van der Waals surface area (Å²) in [6, 6.07) is 6.97. The molecule has 4 nitrogen and oxygen atoms in total. The van der Waals surface area contributed by atoms with Gasteiger partial charge in [0.1, 0.15) is 12.0 Å². The second kappa shape index (κ2) is 5.18. The Hall–Kier alpha value is -1.88. The molecule has 3 N–H and O–H groups in total. The fraction of sp³-hybridized carbons (Fsp3) is 0.154. The van der Waals surface area contributed by atoms with Crippen LogP contribution >= 0.6 is 11.8 Å². The van der Waals surface area contributed by atoms with Crippen LogP contribution in [0, 0.1) is 6.92 Å². The molecule has 94 valence electrons. The third-order valence-electron chi connectivity index (χ3n) is 2.44. The maximum Gasteiger partial charge on any atom is 0.226 e. The highest BCUT2D eigenvalue weighted by Crippen LogP contribution is 2.27. The molecule has 0 spiro atoms. The predicted octanol–water partition coefficient (Wildman–Crippen LogP) is 2.53. The molecule has 0 saturated heterocycles. The Morgan fingerprint density at radius 3 is 2.83 bits per heavy atom. The number of thioether (sulfide) groups is 1. The van der Waals surface area contributed by atoms with Crippen LogP contribution in [0.2, 0.25) is 0 Å². The Labute approximate surface area is 108 Å². The predicted molar refractivity (Wildman–Crippen MR) is 71.8 cm³/mol. The summed E-state index contributed by atoms with van der Waals surface area (Å²) in [5, 5.41) is 9.08. The summed E-state index contributed by atoms with van der Waals surface area (Å²) < 4.78 is 5.13. The molecule has 0 aliphatic heterocycles. The first-order chi connectivity index (χ1) is 8.56. The van der Waals surface area contributed by atoms with E-state index in [1.54, 1.807) is 11.8 Å². The zero-order valence-corrected chi connectivity index (χ0v) is 10.7. The minimum atomic E-state index is -0.425. The number of nitrogen functional groups attached to an aromatic ring is 1. The second-order valence-electron chi connectivity index (χ2n) is 3.91. The number of aryl methyl sites for hydroxylation is 1. The maximum absolute atomic E-state index is 11.2. The van der Waals surface area contributed by atoms with Crippen LogP contribution in [0.3, 0.4) is 0 Å². The van der Waals surface area contributed by atoms with Crippen molar-refractivity contribution in [2.24, 2.45) is 0 Å². The van der Waals surface area contributed by atoms with Crippen molar-refractivity contribution < 1.29 is 9.52 Å². The number of anilines is 1. The lowest BCUT2D eigenvalue weighted by molar-refractivity contribution is 0.419. The van der Waals surface area contributed by atoms with Gasteiger partial charge in [0.2, 0.25) is 5.43 Å². The molecule has 5 heteroatoms. The molecule has 0 fully saturated rings. The van der Waals surface area contributed by atoms with E-state index in [2.05, 4.69) is 0 Å². The average Bonchev–Trinajstić information content (AvgIpc) is 2.32. The number of rotatable bonds is 3. The zero-order valence-electron chi connectivity index (χ0n) is 9.84. The van der Waals surface area contributed by atoms with Crippen molar-refractivity contribution in [3.05, 3.63) is 52.1 Å². The number of hydrogen-bond donors (Lipinski definition) is 2. The summed E-state index contributed by atoms with van der Waals surface area (Å²) in [5.41, 5.74) is 7.06. The molecular weight excluding hydrogens is 250 g/mol. The van der Waals surface area contributed by atoms with E-state index in [0.29, 0.717) is 11.5 Å². The molecule has 18 heavy (non-hydrogen) atoms. The standard InChI is InChI=1S/C13H13NO3S/c1-8-4-9(14)2-3-13(8)18-7-10-5-11(15)12(16)6-17-10/h2-6,16H,7,14H2,1H3. The minimum absolute atomic E-state index is 0.368. The zero-order chi connectivity index (χ0) is 13.1. The Morgan fingerprint density at radius 2 is 2.17 bits per heavy atom. The highest BCUT2D eigenvalue weighted by molar-refractivity contribution is 7.98. The number of aromatic hydroxyl groups is 1. The molecule has 0 bridgehead atoms. The molecule has 0 unspecified atom stereocenters. The smallest absolute Gasteiger partial charge is 0.226 e. The van der Waals surface area contributed by atoms with Gasteiger partial charge in [-0.05, 0) is 30.7 Å². The van der Waals surface area contributed by atoms with Crippen molar-refractivity contribution in [3.8, 4) is 5.75 Å². The Bertz CT molecular complexity index is 622. The largest absolute Gasteiger partial charge is 0.502 e. The number of nitrogens with two attached hydrogens (primary N) is 1. The number of benzene rings is 1. The fourth-order valence-electron chi connectivity index (χ4n) is 1.50. The Balaban J connectivity index is 2.11. The first kappa shape index (κ1) is 12.6. The molecule has 0 aliphatic carbocycles. The molecule has 0 amide bonds. The van der Waals surface area contributed by atoms with Gasteiger partial charge in [-0.3, -0.25) is 4.79 Å². The van der Waals surface area contributed by atoms with E-state index in [4.69, 9.17) is 15.3 Å². The molecule has 0 aliphatic rings. The fourth-order valence-corrected chi connectivity index (χ4v) is 2.40. The quantitative estimate of drug-likeness (QED) is 0.657. The molecule has 1 aromatic carbocycles. The van der Waals surface area contributed by atoms with Crippen molar-refractivity contribution >= 4 is 17.4 Å². The van der Waals surface area contributed by atoms with Crippen LogP contribution in [0.1, 0.15) is 11.3 Å². The second-order valence-corrected chi connectivity index (χ2v) is 4.93. The van der Waals surface area contributed by atoms with E-state index < -0.39 is 5.43 Å². The normalized spacial score (nSPS) is 10.5. The number of hydrogen-bond acceptors (Lipinski definition) is 5. The van der Waals surface area contributed by atoms with Gasteiger partial charge in [-0.25, -0.2) is 0 Å². The average molecular weight is 263 g/mol. The van der Waals surface area contributed by atoms with Crippen molar-refractivity contribution in [1.29, 1.82) is 0 Å². The third-order valence-corrected chi connectivity index (χ3v) is 3.63. The van der Waals surface area contributed by atoms with Gasteiger partial charge in [0.05, 0.1) is 5.75 Å². The van der Waals surface area contributed by atoms with Gasteiger partial charge in [0.25, 0.3) is 0 Å². The van der Waals surface area contributed by atoms with E-state index in [9.17, 15) is 4.79 Å². The lowest BCUT2D eigenvalue weighted by atomic mass is 10.2. The summed E-state index contributed by atoms with van der Waals surface area (Å²) >= 11 is 1.55. The molecule has 2 aromatic rings. The van der Waals surface area contributed by atoms with Crippen LogP contribution in [-0.2, 0) is 5.75 Å². The maximum atomic E-state index is 11.2. The molecular formula is C13H13NO3S. The summed E-state index contributed by atoms with van der Waals surface area (Å²) in [7, 11) is 0. The van der Waals surface area contributed by atoms with Gasteiger partial charge in [0, 0.05) is 16.6 Å². The summed E-state index contributed by atoms with van der Waals surface area (Å²) in [6.45, 7) is 1.98. The van der Waals surface area contributed by atoms with E-state index in [0.717, 1.165) is 22.4 Å². The molecule has 0 atom stereocenters. The molecule has 0 saturated carbocycles. The van der Waals surface area contributed by atoms with Gasteiger partial charge < -0.3 is 15.3 Å². The van der Waals surface area contributed by atoms with Gasteiger partial charge >= 0.3 is 0 Å². The van der Waals surface area contributed by atoms with Gasteiger partial charge in [-0.1, -0.05) is 0 Å². The molecule has 0 radical (unpaired) electrons. The summed E-state index contributed by atoms with van der Waals surface area (Å²) in [6.07, 6.45) is 1.06. The van der Waals surface area contributed by atoms with Crippen molar-refractivity contribution in [2.45, 2.75) is 17.6 Å². The lowest BCUT2D eigenvalue weighted by Crippen LogP contribution is -1.99. The summed E-state index contributed by atoms with van der Waals surface area (Å²) in [4.78, 5) is 12.3. The van der Waals surface area contributed by atoms with Gasteiger partial charge in [-0.2, -0.15) is 0 Å². The molecule has 1 heterocycles. The van der Waals surface area contributed by atoms with E-state index in [1.807, 2.05) is 25.1 Å². The lowest BCUT2D eigenvalue weighted by Gasteiger charge is -2.05. The SMILES string of the molecule is Cc1cc(N)ccc1SCc1cc(=O)c(O)co1. The first-order valence-corrected chi connectivity index (χ1v) is 6.34.